The number of nitrogens with two attached hydrogens (primary N) is 2. The van der Waals surface area contributed by atoms with E-state index < -0.39 is 126 Å². The minimum atomic E-state index is -1.76. The van der Waals surface area contributed by atoms with Gasteiger partial charge in [0.05, 0.1) is 30.1 Å². The Hall–Kier alpha value is -8.02. The van der Waals surface area contributed by atoms with Gasteiger partial charge < -0.3 is 83.0 Å². The van der Waals surface area contributed by atoms with Crippen molar-refractivity contribution in [2.75, 3.05) is 0 Å². The van der Waals surface area contributed by atoms with Crippen molar-refractivity contribution in [3.8, 4) is 0 Å². The van der Waals surface area contributed by atoms with Crippen molar-refractivity contribution < 1.29 is 139 Å². The smallest absolute Gasteiger partial charge is 0.328 e. The lowest BCUT2D eigenvalue weighted by molar-refractivity contribution is -0.160. The normalized spacial score (nSPS) is 11.8. The van der Waals surface area contributed by atoms with Crippen LogP contribution in [0.2, 0.25) is 0 Å². The van der Waals surface area contributed by atoms with Crippen LogP contribution in [0.25, 0.3) is 0 Å². The molecule has 0 bridgehead atoms. The Morgan fingerprint density at radius 2 is 0.691 bits per heavy atom. The number of allylic oxidation sites excluding steroid dienone is 2. The van der Waals surface area contributed by atoms with Crippen LogP contribution in [0.3, 0.4) is 0 Å². The van der Waals surface area contributed by atoms with Crippen molar-refractivity contribution in [1.82, 2.24) is 0 Å². The highest BCUT2D eigenvalue weighted by Gasteiger charge is 2.37. The number of rotatable bonds is 28. The molecule has 0 aromatic carbocycles. The Morgan fingerprint density at radius 3 is 0.926 bits per heavy atom. The van der Waals surface area contributed by atoms with E-state index in [1.807, 2.05) is 0 Å². The first kappa shape index (κ1) is 71.6. The molecule has 0 spiro atoms. The molecule has 30 heteroatoms. The van der Waals surface area contributed by atoms with Gasteiger partial charge in [-0.05, 0) is 52.4 Å². The van der Waals surface area contributed by atoms with Crippen LogP contribution in [-0.2, 0) is 67.1 Å². The maximum atomic E-state index is 10.6. The van der Waals surface area contributed by atoms with E-state index in [4.69, 9.17) is 83.0 Å². The van der Waals surface area contributed by atoms with Crippen LogP contribution in [0, 0.1) is 17.3 Å². The summed E-state index contributed by atoms with van der Waals surface area (Å²) < 4.78 is 0. The van der Waals surface area contributed by atoms with Gasteiger partial charge in [0.1, 0.15) is 12.1 Å². The zero-order valence-electron chi connectivity index (χ0n) is 36.4. The van der Waals surface area contributed by atoms with E-state index in [0.29, 0.717) is 19.3 Å². The van der Waals surface area contributed by atoms with E-state index >= 15 is 0 Å². The predicted molar refractivity (Wildman–Crippen MR) is 222 cm³/mol. The summed E-state index contributed by atoms with van der Waals surface area (Å²) in [6.45, 7) is 3.02. The molecule has 4 atom stereocenters. The molecular weight excluding hydrogens is 932 g/mol. The van der Waals surface area contributed by atoms with Gasteiger partial charge in [0.25, 0.3) is 0 Å². The lowest BCUT2D eigenvalue weighted by Crippen LogP contribution is -2.33. The third kappa shape index (κ3) is 58.0. The number of carboxylic acids is 14. The van der Waals surface area contributed by atoms with Crippen LogP contribution < -0.4 is 11.5 Å². The quantitative estimate of drug-likeness (QED) is 0.0283. The Labute approximate surface area is 384 Å². The molecule has 388 valence electrons. The van der Waals surface area contributed by atoms with E-state index in [1.54, 1.807) is 0 Å². The first-order valence-electron chi connectivity index (χ1n) is 18.9. The van der Waals surface area contributed by atoms with Gasteiger partial charge in [-0.25, -0.2) is 9.59 Å². The molecule has 18 N–H and O–H groups in total. The highest BCUT2D eigenvalue weighted by Crippen LogP contribution is 2.22. The van der Waals surface area contributed by atoms with E-state index in [1.165, 1.54) is 13.8 Å². The fourth-order valence-corrected chi connectivity index (χ4v) is 3.53. The predicted octanol–water partition coefficient (Wildman–Crippen LogP) is 0.200. The second kappa shape index (κ2) is 41.7. The Morgan fingerprint density at radius 1 is 0.397 bits per heavy atom. The molecule has 0 heterocycles. The molecule has 4 unspecified atom stereocenters. The molecule has 0 rings (SSSR count). The minimum absolute atomic E-state index is 0.0231. The molecule has 0 fully saturated rings. The molecule has 0 radical (unpaired) electrons. The number of unbranched alkanes of at least 4 members (excludes halogenated alkanes) is 1. The number of aliphatic carboxylic acids is 14. The van der Waals surface area contributed by atoms with Gasteiger partial charge in [-0.2, -0.15) is 0 Å². The molecule has 0 aliphatic heterocycles. The molecule has 0 aliphatic carbocycles. The van der Waals surface area contributed by atoms with E-state index in [-0.39, 0.29) is 51.4 Å². The second-order valence-corrected chi connectivity index (χ2v) is 13.7. The largest absolute Gasteiger partial charge is 0.481 e. The summed E-state index contributed by atoms with van der Waals surface area (Å²) in [5, 5.41) is 116. The lowest BCUT2D eigenvalue weighted by atomic mass is 9.87. The first-order chi connectivity index (χ1) is 30.9. The molecule has 0 saturated heterocycles. The van der Waals surface area contributed by atoms with Gasteiger partial charge in [0, 0.05) is 44.3 Å². The summed E-state index contributed by atoms with van der Waals surface area (Å²) >= 11 is 0. The lowest BCUT2D eigenvalue weighted by Gasteiger charge is -2.16. The molecular formula is C38H58N2O28. The van der Waals surface area contributed by atoms with Crippen molar-refractivity contribution in [2.45, 2.75) is 109 Å². The summed E-state index contributed by atoms with van der Waals surface area (Å²) in [7, 11) is 0. The Kier molecular flexibility index (Phi) is 43.9. The molecule has 0 aromatic rings. The average molecular weight is 991 g/mol. The number of carbonyl (C=O) groups is 14. The summed E-state index contributed by atoms with van der Waals surface area (Å²) in [6.07, 6.45) is 3.45. The topological polar surface area (TPSA) is 574 Å². The molecule has 0 aromatic heterocycles. The van der Waals surface area contributed by atoms with Crippen molar-refractivity contribution in [3.05, 3.63) is 24.3 Å². The minimum Gasteiger partial charge on any atom is -0.481 e. The monoisotopic (exact) mass is 990 g/mol. The number of carboxylic acid groups (broad SMARTS) is 14. The molecule has 68 heavy (non-hydrogen) atoms. The maximum absolute atomic E-state index is 10.6. The molecule has 0 aliphatic rings. The van der Waals surface area contributed by atoms with Crippen molar-refractivity contribution >= 4 is 83.6 Å². The zero-order valence-corrected chi connectivity index (χ0v) is 36.4. The molecule has 0 amide bonds. The van der Waals surface area contributed by atoms with Gasteiger partial charge in [-0.3, -0.25) is 57.5 Å². The molecule has 30 nitrogen and oxygen atoms in total. The summed E-state index contributed by atoms with van der Waals surface area (Å²) in [5.74, 6) is -19.9. The van der Waals surface area contributed by atoms with Crippen LogP contribution in [0.5, 0.6) is 0 Å². The van der Waals surface area contributed by atoms with Crippen molar-refractivity contribution in [3.63, 3.8) is 0 Å². The second-order valence-electron chi connectivity index (χ2n) is 13.7. The zero-order chi connectivity index (χ0) is 54.9. The van der Waals surface area contributed by atoms with Crippen LogP contribution in [0.4, 0.5) is 0 Å². The fourth-order valence-electron chi connectivity index (χ4n) is 3.53. The number of hydrogen-bond donors (Lipinski definition) is 16. The van der Waals surface area contributed by atoms with Crippen LogP contribution in [0.1, 0.15) is 97.3 Å². The number of hydrogen-bond acceptors (Lipinski definition) is 16. The SMILES string of the molecule is CC(C)(CCC(=O)O)C(=O)O.NC(CCC(=O)O)C(=O)O.NC(CCCC(=O)O)C(=O)O.O=C(O)/C=C/C=C/C(=O)O.O=C(O)CC(C(=O)O)C(CC(=O)O)C(=O)O.O=C(O)CCCCC(=O)O. The Bertz CT molecular complexity index is 1680. The average Bonchev–Trinajstić information content (AvgIpc) is 3.18. The Balaban J connectivity index is -0.000000171. The summed E-state index contributed by atoms with van der Waals surface area (Å²) in [6, 6.07) is -1.99. The molecule has 0 saturated carbocycles. The highest BCUT2D eigenvalue weighted by atomic mass is 16.4. The van der Waals surface area contributed by atoms with Crippen molar-refractivity contribution in [2.24, 2.45) is 28.7 Å². The summed E-state index contributed by atoms with van der Waals surface area (Å²) in [5.41, 5.74) is 9.18. The van der Waals surface area contributed by atoms with Gasteiger partial charge >= 0.3 is 83.6 Å². The van der Waals surface area contributed by atoms with E-state index in [0.717, 1.165) is 24.3 Å². The van der Waals surface area contributed by atoms with Gasteiger partial charge in [-0.1, -0.05) is 12.2 Å². The maximum Gasteiger partial charge on any atom is 0.328 e. The van der Waals surface area contributed by atoms with Crippen LogP contribution in [0.15, 0.2) is 24.3 Å². The van der Waals surface area contributed by atoms with Gasteiger partial charge in [-0.15, -0.1) is 0 Å². The van der Waals surface area contributed by atoms with Crippen LogP contribution >= 0.6 is 0 Å². The van der Waals surface area contributed by atoms with E-state index in [2.05, 4.69) is 0 Å². The van der Waals surface area contributed by atoms with Crippen molar-refractivity contribution in [1.29, 1.82) is 0 Å². The van der Waals surface area contributed by atoms with Gasteiger partial charge in [0.2, 0.25) is 0 Å². The third-order valence-corrected chi connectivity index (χ3v) is 7.28. The fraction of sp³-hybridized carbons (Fsp3) is 0.526. The van der Waals surface area contributed by atoms with Crippen LogP contribution in [-0.4, -0.2) is 167 Å². The third-order valence-electron chi connectivity index (χ3n) is 7.28. The highest BCUT2D eigenvalue weighted by molar-refractivity contribution is 5.86. The standard InChI is InChI=1S/C8H10O8.C7H12O4.C6H11NO4.C6H10O4.C6H6O4.C5H9NO4/c9-5(10)1-3(7(13)14)4(8(15)16)2-6(11)12;1-7(2,6(10)11)4-3-5(8)9;7-4(6(10)11)2-1-3-5(8)9;2*7-5(8)3-1-2-4-6(9)10;6-3(5(9)10)1-2-4(7)8/h3-4H,1-2H2,(H,9,10)(H,11,12)(H,13,14)(H,15,16);3-4H2,1-2H3,(H,8,9)(H,10,11);4H,1-3,7H2,(H,8,9)(H,10,11);1-4H2,(H,7,8)(H,9,10);1-4H,(H,7,8)(H,9,10);3H,1-2,6H2,(H,7,8)(H,9,10)/b;;;;3-1+,4-2+;. The first-order valence-corrected chi connectivity index (χ1v) is 18.9. The van der Waals surface area contributed by atoms with E-state index in [9.17, 15) is 67.1 Å². The van der Waals surface area contributed by atoms with Gasteiger partial charge in [0.15, 0.2) is 0 Å². The summed E-state index contributed by atoms with van der Waals surface area (Å²) in [4.78, 5) is 142.